The molecule has 4 nitrogen and oxygen atoms in total. The molecule has 20 heavy (non-hydrogen) atoms. The molecule has 1 amide bonds. The fourth-order valence-corrected chi connectivity index (χ4v) is 2.08. The molecule has 3 N–H and O–H groups in total. The van der Waals surface area contributed by atoms with Crippen molar-refractivity contribution in [1.29, 1.82) is 0 Å². The van der Waals surface area contributed by atoms with E-state index in [0.29, 0.717) is 18.7 Å². The largest absolute Gasteiger partial charge is 0.492 e. The maximum Gasteiger partial charge on any atom is 0.248 e. The second-order valence-corrected chi connectivity index (χ2v) is 5.09. The molecule has 0 spiro atoms. The van der Waals surface area contributed by atoms with Gasteiger partial charge in [-0.15, -0.1) is 0 Å². The van der Waals surface area contributed by atoms with Crippen molar-refractivity contribution >= 4 is 27.5 Å². The molecule has 2 rings (SSSR count). The zero-order valence-electron chi connectivity index (χ0n) is 10.8. The van der Waals surface area contributed by atoms with E-state index in [1.807, 2.05) is 30.3 Å². The third-order valence-corrected chi connectivity index (χ3v) is 3.14. The van der Waals surface area contributed by atoms with E-state index >= 15 is 0 Å². The Balaban J connectivity index is 1.81. The van der Waals surface area contributed by atoms with Crippen LogP contribution in [0.4, 0.5) is 5.69 Å². The van der Waals surface area contributed by atoms with Crippen LogP contribution < -0.4 is 15.8 Å². The molecule has 0 aliphatic rings. The molecule has 0 aliphatic heterocycles. The Morgan fingerprint density at radius 2 is 2.00 bits per heavy atom. The molecule has 0 radical (unpaired) electrons. The fourth-order valence-electron chi connectivity index (χ4n) is 1.70. The third kappa shape index (κ3) is 4.28. The van der Waals surface area contributed by atoms with Crippen molar-refractivity contribution in [3.05, 3.63) is 58.6 Å². The highest BCUT2D eigenvalue weighted by molar-refractivity contribution is 9.10. The molecule has 0 heterocycles. The number of hydrogen-bond donors (Lipinski definition) is 2. The number of anilines is 1. The lowest BCUT2D eigenvalue weighted by molar-refractivity contribution is 0.100. The average Bonchev–Trinajstić information content (AvgIpc) is 2.44. The second kappa shape index (κ2) is 6.96. The minimum Gasteiger partial charge on any atom is -0.492 e. The van der Waals surface area contributed by atoms with E-state index < -0.39 is 5.91 Å². The summed E-state index contributed by atoms with van der Waals surface area (Å²) in [5, 5.41) is 3.18. The zero-order chi connectivity index (χ0) is 14.4. The maximum atomic E-state index is 11.1. The van der Waals surface area contributed by atoms with Gasteiger partial charge in [0.25, 0.3) is 0 Å². The van der Waals surface area contributed by atoms with Crippen LogP contribution in [0, 0.1) is 0 Å². The summed E-state index contributed by atoms with van der Waals surface area (Å²) >= 11 is 3.39. The first-order valence-electron chi connectivity index (χ1n) is 6.17. The standard InChI is InChI=1S/C15H15BrN2O2/c16-12-4-2-6-14(10-12)20-8-7-18-13-5-1-3-11(9-13)15(17)19/h1-6,9-10,18H,7-8H2,(H2,17,19). The third-order valence-electron chi connectivity index (χ3n) is 2.64. The summed E-state index contributed by atoms with van der Waals surface area (Å²) in [6, 6.07) is 14.8. The van der Waals surface area contributed by atoms with Gasteiger partial charge < -0.3 is 15.8 Å². The van der Waals surface area contributed by atoms with Gasteiger partial charge in [0.15, 0.2) is 0 Å². The smallest absolute Gasteiger partial charge is 0.248 e. The van der Waals surface area contributed by atoms with E-state index in [1.54, 1.807) is 18.2 Å². The molecule has 0 unspecified atom stereocenters. The second-order valence-electron chi connectivity index (χ2n) is 4.18. The summed E-state index contributed by atoms with van der Waals surface area (Å²) < 4.78 is 6.59. The Kier molecular flexibility index (Phi) is 5.01. The van der Waals surface area contributed by atoms with Crippen molar-refractivity contribution < 1.29 is 9.53 Å². The van der Waals surface area contributed by atoms with Crippen molar-refractivity contribution in [3.8, 4) is 5.75 Å². The first-order chi connectivity index (χ1) is 9.65. The van der Waals surface area contributed by atoms with Crippen LogP contribution in [0.5, 0.6) is 5.75 Å². The predicted molar refractivity (Wildman–Crippen MR) is 83.1 cm³/mol. The van der Waals surface area contributed by atoms with Crippen LogP contribution in [0.15, 0.2) is 53.0 Å². The van der Waals surface area contributed by atoms with E-state index in [2.05, 4.69) is 21.2 Å². The molecule has 5 heteroatoms. The average molecular weight is 335 g/mol. The number of ether oxygens (including phenoxy) is 1. The van der Waals surface area contributed by atoms with Crippen molar-refractivity contribution in [2.24, 2.45) is 5.73 Å². The van der Waals surface area contributed by atoms with Gasteiger partial charge in [0.05, 0.1) is 0 Å². The number of amides is 1. The Morgan fingerprint density at radius 3 is 2.75 bits per heavy atom. The first-order valence-corrected chi connectivity index (χ1v) is 6.96. The quantitative estimate of drug-likeness (QED) is 0.798. The number of carbonyl (C=O) groups is 1. The molecule has 0 fully saturated rings. The number of carbonyl (C=O) groups excluding carboxylic acids is 1. The van der Waals surface area contributed by atoms with Crippen LogP contribution >= 0.6 is 15.9 Å². The van der Waals surface area contributed by atoms with E-state index in [1.165, 1.54) is 0 Å². The van der Waals surface area contributed by atoms with Crippen molar-refractivity contribution in [2.45, 2.75) is 0 Å². The van der Waals surface area contributed by atoms with Gasteiger partial charge in [-0.1, -0.05) is 28.1 Å². The lowest BCUT2D eigenvalue weighted by Crippen LogP contribution is -2.13. The van der Waals surface area contributed by atoms with Crippen LogP contribution in [0.1, 0.15) is 10.4 Å². The number of rotatable bonds is 6. The molecular formula is C15H15BrN2O2. The number of primary amides is 1. The monoisotopic (exact) mass is 334 g/mol. The minimum absolute atomic E-state index is 0.431. The van der Waals surface area contributed by atoms with Gasteiger partial charge in [0.2, 0.25) is 5.91 Å². The number of hydrogen-bond acceptors (Lipinski definition) is 3. The maximum absolute atomic E-state index is 11.1. The topological polar surface area (TPSA) is 64.4 Å². The van der Waals surface area contributed by atoms with Gasteiger partial charge in [0, 0.05) is 22.3 Å². The molecule has 104 valence electrons. The molecule has 0 atom stereocenters. The number of nitrogens with one attached hydrogen (secondary N) is 1. The van der Waals surface area contributed by atoms with Crippen molar-refractivity contribution in [3.63, 3.8) is 0 Å². The molecule has 0 bridgehead atoms. The van der Waals surface area contributed by atoms with Crippen LogP contribution in [0.3, 0.4) is 0 Å². The Hall–Kier alpha value is -2.01. The highest BCUT2D eigenvalue weighted by Gasteiger charge is 2.01. The van der Waals surface area contributed by atoms with E-state index in [9.17, 15) is 4.79 Å². The summed E-state index contributed by atoms with van der Waals surface area (Å²) in [6.07, 6.45) is 0. The lowest BCUT2D eigenvalue weighted by atomic mass is 10.2. The summed E-state index contributed by atoms with van der Waals surface area (Å²) in [6.45, 7) is 1.16. The summed E-state index contributed by atoms with van der Waals surface area (Å²) in [5.41, 5.74) is 6.57. The Morgan fingerprint density at radius 1 is 1.20 bits per heavy atom. The zero-order valence-corrected chi connectivity index (χ0v) is 12.4. The van der Waals surface area contributed by atoms with E-state index in [4.69, 9.17) is 10.5 Å². The summed E-state index contributed by atoms with van der Waals surface area (Å²) in [7, 11) is 0. The molecule has 0 saturated heterocycles. The Labute approximate surface area is 126 Å². The number of halogens is 1. The molecule has 0 aromatic heterocycles. The molecule has 2 aromatic rings. The van der Waals surface area contributed by atoms with Crippen molar-refractivity contribution in [2.75, 3.05) is 18.5 Å². The predicted octanol–water partition coefficient (Wildman–Crippen LogP) is 3.04. The lowest BCUT2D eigenvalue weighted by Gasteiger charge is -2.09. The van der Waals surface area contributed by atoms with E-state index in [-0.39, 0.29) is 0 Å². The van der Waals surface area contributed by atoms with Crippen LogP contribution in [0.2, 0.25) is 0 Å². The molecule has 0 aliphatic carbocycles. The van der Waals surface area contributed by atoms with Crippen molar-refractivity contribution in [1.82, 2.24) is 0 Å². The van der Waals surface area contributed by atoms with Gasteiger partial charge in [-0.05, 0) is 36.4 Å². The van der Waals surface area contributed by atoms with Gasteiger partial charge in [-0.25, -0.2) is 0 Å². The summed E-state index contributed by atoms with van der Waals surface area (Å²) in [5.74, 6) is 0.381. The number of benzene rings is 2. The molecule has 0 saturated carbocycles. The van der Waals surface area contributed by atoms with Gasteiger partial charge in [-0.3, -0.25) is 4.79 Å². The first kappa shape index (κ1) is 14.4. The minimum atomic E-state index is -0.431. The molecule has 2 aromatic carbocycles. The number of nitrogens with two attached hydrogens (primary N) is 1. The molecular weight excluding hydrogens is 320 g/mol. The highest BCUT2D eigenvalue weighted by Crippen LogP contribution is 2.17. The van der Waals surface area contributed by atoms with Crippen LogP contribution in [-0.2, 0) is 0 Å². The fraction of sp³-hybridized carbons (Fsp3) is 0.133. The van der Waals surface area contributed by atoms with E-state index in [0.717, 1.165) is 15.9 Å². The van der Waals surface area contributed by atoms with Crippen LogP contribution in [0.25, 0.3) is 0 Å². The SMILES string of the molecule is NC(=O)c1cccc(NCCOc2cccc(Br)c2)c1. The highest BCUT2D eigenvalue weighted by atomic mass is 79.9. The Bertz CT molecular complexity index is 602. The summed E-state index contributed by atoms with van der Waals surface area (Å²) in [4.78, 5) is 11.1. The van der Waals surface area contributed by atoms with Gasteiger partial charge in [-0.2, -0.15) is 0 Å². The van der Waals surface area contributed by atoms with Crippen LogP contribution in [-0.4, -0.2) is 19.1 Å². The van der Waals surface area contributed by atoms with Gasteiger partial charge >= 0.3 is 0 Å². The normalized spacial score (nSPS) is 10.1. The van der Waals surface area contributed by atoms with Gasteiger partial charge in [0.1, 0.15) is 12.4 Å².